The molecule has 0 atom stereocenters. The van der Waals surface area contributed by atoms with Gasteiger partial charge in [-0.1, -0.05) is 0 Å². The van der Waals surface area contributed by atoms with Crippen molar-refractivity contribution in [3.05, 3.63) is 18.7 Å². The fourth-order valence-electron chi connectivity index (χ4n) is 0.730. The number of fused-ring (bicyclic) bond motifs is 1. The van der Waals surface area contributed by atoms with E-state index in [2.05, 4.69) is 21.4 Å². The molecule has 2 rings (SSSR count). The highest BCUT2D eigenvalue weighted by molar-refractivity contribution is 5.57. The zero-order chi connectivity index (χ0) is 6.97. The molecule has 0 bridgehead atoms. The van der Waals surface area contributed by atoms with Crippen molar-refractivity contribution in [1.82, 2.24) is 19.6 Å². The number of hydrogen-bond acceptors (Lipinski definition) is 4. The predicted molar refractivity (Wildman–Crippen MR) is 34.0 cm³/mol. The quantitative estimate of drug-likeness (QED) is 0.527. The molecular formula is C5H4N5. The summed E-state index contributed by atoms with van der Waals surface area (Å²) in [6, 6.07) is 0. The summed E-state index contributed by atoms with van der Waals surface area (Å²) in [5.74, 6) is 0.372. The van der Waals surface area contributed by atoms with E-state index in [0.717, 1.165) is 0 Å². The van der Waals surface area contributed by atoms with Crippen LogP contribution in [0.25, 0.3) is 5.65 Å². The van der Waals surface area contributed by atoms with Crippen molar-refractivity contribution in [2.24, 2.45) is 0 Å². The molecule has 49 valence electrons. The lowest BCUT2D eigenvalue weighted by Gasteiger charge is -1.91. The lowest BCUT2D eigenvalue weighted by molar-refractivity contribution is 0.944. The molecule has 5 nitrogen and oxygen atoms in total. The number of rotatable bonds is 0. The molecule has 0 unspecified atom stereocenters. The first-order valence-electron chi connectivity index (χ1n) is 2.71. The first-order valence-corrected chi connectivity index (χ1v) is 2.71. The van der Waals surface area contributed by atoms with Crippen molar-refractivity contribution < 1.29 is 0 Å². The SMILES string of the molecule is Nc1nccn2n[c]nc12. The van der Waals surface area contributed by atoms with Gasteiger partial charge in [-0.2, -0.15) is 0 Å². The smallest absolute Gasteiger partial charge is 0.222 e. The molecule has 10 heavy (non-hydrogen) atoms. The fourth-order valence-corrected chi connectivity index (χ4v) is 0.730. The van der Waals surface area contributed by atoms with Gasteiger partial charge in [0.1, 0.15) is 0 Å². The largest absolute Gasteiger partial charge is 0.381 e. The number of anilines is 1. The molecule has 0 spiro atoms. The first-order chi connectivity index (χ1) is 4.88. The van der Waals surface area contributed by atoms with Gasteiger partial charge in [-0.3, -0.25) is 0 Å². The minimum Gasteiger partial charge on any atom is -0.381 e. The third-order valence-electron chi connectivity index (χ3n) is 1.18. The van der Waals surface area contributed by atoms with Crippen LogP contribution >= 0.6 is 0 Å². The Kier molecular flexibility index (Phi) is 0.858. The van der Waals surface area contributed by atoms with Crippen LogP contribution in [-0.4, -0.2) is 19.6 Å². The van der Waals surface area contributed by atoms with Gasteiger partial charge in [-0.05, 0) is 0 Å². The predicted octanol–water partition coefficient (Wildman–Crippen LogP) is -0.493. The monoisotopic (exact) mass is 134 g/mol. The van der Waals surface area contributed by atoms with Crippen molar-refractivity contribution >= 4 is 11.5 Å². The molecule has 5 heteroatoms. The summed E-state index contributed by atoms with van der Waals surface area (Å²) in [5, 5.41) is 3.74. The second kappa shape index (κ2) is 1.66. The lowest BCUT2D eigenvalue weighted by atomic mass is 10.6. The van der Waals surface area contributed by atoms with E-state index in [9.17, 15) is 0 Å². The van der Waals surface area contributed by atoms with Crippen molar-refractivity contribution in [2.75, 3.05) is 5.73 Å². The minimum atomic E-state index is 0.372. The van der Waals surface area contributed by atoms with Gasteiger partial charge in [0.05, 0.1) is 0 Å². The lowest BCUT2D eigenvalue weighted by Crippen LogP contribution is -1.95. The van der Waals surface area contributed by atoms with E-state index >= 15 is 0 Å². The number of nitrogens with zero attached hydrogens (tertiary/aromatic N) is 4. The molecule has 2 heterocycles. The molecule has 0 aliphatic heterocycles. The number of hydrogen-bond donors (Lipinski definition) is 1. The fraction of sp³-hybridized carbons (Fsp3) is 0. The van der Waals surface area contributed by atoms with E-state index in [1.165, 1.54) is 4.52 Å². The molecule has 1 radical (unpaired) electrons. The van der Waals surface area contributed by atoms with Crippen LogP contribution in [0.2, 0.25) is 0 Å². The maximum Gasteiger partial charge on any atom is 0.222 e. The van der Waals surface area contributed by atoms with E-state index in [4.69, 9.17) is 5.73 Å². The average molecular weight is 134 g/mol. The second-order valence-corrected chi connectivity index (χ2v) is 1.79. The molecule has 2 aromatic heterocycles. The Morgan fingerprint density at radius 3 is 3.30 bits per heavy atom. The third kappa shape index (κ3) is 0.540. The number of nitrogens with two attached hydrogens (primary N) is 1. The van der Waals surface area contributed by atoms with Gasteiger partial charge in [0.2, 0.25) is 6.33 Å². The summed E-state index contributed by atoms with van der Waals surface area (Å²) < 4.78 is 1.52. The normalized spacial score (nSPS) is 10.4. The van der Waals surface area contributed by atoms with Crippen LogP contribution in [0.15, 0.2) is 12.4 Å². The molecule has 0 aromatic carbocycles. The molecular weight excluding hydrogens is 130 g/mol. The maximum absolute atomic E-state index is 5.45. The third-order valence-corrected chi connectivity index (χ3v) is 1.18. The average Bonchev–Trinajstić information content (AvgIpc) is 2.36. The molecule has 0 saturated carbocycles. The first kappa shape index (κ1) is 5.16. The summed E-state index contributed by atoms with van der Waals surface area (Å²) in [6.07, 6.45) is 5.64. The van der Waals surface area contributed by atoms with Crippen LogP contribution in [0.1, 0.15) is 0 Å². The van der Waals surface area contributed by atoms with Crippen LogP contribution in [0.3, 0.4) is 0 Å². The highest BCUT2D eigenvalue weighted by Crippen LogP contribution is 2.02. The standard InChI is InChI=1S/C5H4N5/c6-4-5-8-3-9-10(5)2-1-7-4/h1-2H,(H2,6,7). The zero-order valence-electron chi connectivity index (χ0n) is 5.02. The summed E-state index contributed by atoms with van der Waals surface area (Å²) in [6.45, 7) is 0. The van der Waals surface area contributed by atoms with E-state index in [1.807, 2.05) is 0 Å². The molecule has 0 saturated heterocycles. The van der Waals surface area contributed by atoms with Crippen LogP contribution in [0, 0.1) is 6.33 Å². The Balaban J connectivity index is 2.95. The molecule has 2 aromatic rings. The van der Waals surface area contributed by atoms with Gasteiger partial charge in [-0.15, -0.1) is 5.10 Å². The van der Waals surface area contributed by atoms with Crippen molar-refractivity contribution in [3.63, 3.8) is 0 Å². The van der Waals surface area contributed by atoms with Gasteiger partial charge in [0, 0.05) is 12.4 Å². The van der Waals surface area contributed by atoms with Gasteiger partial charge in [-0.25, -0.2) is 14.5 Å². The zero-order valence-corrected chi connectivity index (χ0v) is 5.02. The number of nitrogen functional groups attached to an aromatic ring is 1. The van der Waals surface area contributed by atoms with Crippen molar-refractivity contribution in [2.45, 2.75) is 0 Å². The molecule has 2 N–H and O–H groups in total. The van der Waals surface area contributed by atoms with Crippen molar-refractivity contribution in [1.29, 1.82) is 0 Å². The van der Waals surface area contributed by atoms with E-state index in [1.54, 1.807) is 12.4 Å². The molecule has 0 aliphatic carbocycles. The Morgan fingerprint density at radius 2 is 2.50 bits per heavy atom. The Hall–Kier alpha value is -1.65. The second-order valence-electron chi connectivity index (χ2n) is 1.79. The Morgan fingerprint density at radius 1 is 1.60 bits per heavy atom. The van der Waals surface area contributed by atoms with Gasteiger partial charge < -0.3 is 5.73 Å². The van der Waals surface area contributed by atoms with Crippen molar-refractivity contribution in [3.8, 4) is 0 Å². The van der Waals surface area contributed by atoms with Gasteiger partial charge >= 0.3 is 0 Å². The highest BCUT2D eigenvalue weighted by atomic mass is 15.3. The van der Waals surface area contributed by atoms with Crippen LogP contribution in [0.5, 0.6) is 0 Å². The maximum atomic E-state index is 5.45. The van der Waals surface area contributed by atoms with E-state index in [-0.39, 0.29) is 0 Å². The molecule has 0 amide bonds. The highest BCUT2D eigenvalue weighted by Gasteiger charge is 1.97. The van der Waals surface area contributed by atoms with Gasteiger partial charge in [0.25, 0.3) is 0 Å². The summed E-state index contributed by atoms with van der Waals surface area (Å²) in [7, 11) is 0. The van der Waals surface area contributed by atoms with Gasteiger partial charge in [0.15, 0.2) is 11.5 Å². The summed E-state index contributed by atoms with van der Waals surface area (Å²) in [5.41, 5.74) is 5.99. The summed E-state index contributed by atoms with van der Waals surface area (Å²) >= 11 is 0. The van der Waals surface area contributed by atoms with E-state index in [0.29, 0.717) is 11.5 Å². The van der Waals surface area contributed by atoms with Crippen LogP contribution in [-0.2, 0) is 0 Å². The Labute approximate surface area is 56.5 Å². The summed E-state index contributed by atoms with van der Waals surface area (Å²) in [4.78, 5) is 7.57. The number of aromatic nitrogens is 4. The topological polar surface area (TPSA) is 69.1 Å². The Bertz CT molecular complexity index is 352. The van der Waals surface area contributed by atoms with Crippen LogP contribution < -0.4 is 5.73 Å². The molecule has 0 aliphatic rings. The minimum absolute atomic E-state index is 0.372. The van der Waals surface area contributed by atoms with Crippen LogP contribution in [0.4, 0.5) is 5.82 Å². The molecule has 0 fully saturated rings. The van der Waals surface area contributed by atoms with E-state index < -0.39 is 0 Å².